The van der Waals surface area contributed by atoms with E-state index < -0.39 is 0 Å². The molecule has 1 aliphatic rings. The van der Waals surface area contributed by atoms with Crippen molar-refractivity contribution in [3.05, 3.63) is 77.2 Å². The zero-order valence-electron chi connectivity index (χ0n) is 29.9. The van der Waals surface area contributed by atoms with Gasteiger partial charge in [-0.05, 0) is 84.4 Å². The maximum atomic E-state index is 12.2. The number of fused-ring (bicyclic) bond motifs is 5. The molecule has 2 aromatic heterocycles. The van der Waals surface area contributed by atoms with Crippen LogP contribution in [0.25, 0.3) is 31.4 Å². The van der Waals surface area contributed by atoms with E-state index in [1.165, 1.54) is 44.7 Å². The van der Waals surface area contributed by atoms with Gasteiger partial charge in [-0.3, -0.25) is 4.79 Å². The van der Waals surface area contributed by atoms with Crippen molar-refractivity contribution in [2.24, 2.45) is 10.8 Å². The molecule has 251 valence electrons. The minimum atomic E-state index is -0.337. The van der Waals surface area contributed by atoms with E-state index in [0.717, 1.165) is 36.9 Å². The molecule has 0 atom stereocenters. The summed E-state index contributed by atoms with van der Waals surface area (Å²) in [5, 5.41) is 12.9. The van der Waals surface area contributed by atoms with Crippen molar-refractivity contribution >= 4 is 37.3 Å². The Morgan fingerprint density at radius 2 is 1.57 bits per heavy atom. The predicted molar refractivity (Wildman–Crippen MR) is 195 cm³/mol. The van der Waals surface area contributed by atoms with Crippen molar-refractivity contribution in [3.63, 3.8) is 0 Å². The van der Waals surface area contributed by atoms with Crippen LogP contribution in [0.3, 0.4) is 0 Å². The fourth-order valence-electron chi connectivity index (χ4n) is 6.58. The molecule has 0 spiro atoms. The van der Waals surface area contributed by atoms with Crippen molar-refractivity contribution in [2.75, 3.05) is 0 Å². The summed E-state index contributed by atoms with van der Waals surface area (Å²) in [4.78, 5) is 16.9. The van der Waals surface area contributed by atoms with Gasteiger partial charge < -0.3 is 10.1 Å². The Hall–Kier alpha value is -2.33. The minimum Gasteiger partial charge on any atom is -0.512 e. The molecule has 0 amide bonds. The summed E-state index contributed by atoms with van der Waals surface area (Å²) >= 11 is 1.93. The second kappa shape index (κ2) is 14.4. The Morgan fingerprint density at radius 3 is 2.13 bits per heavy atom. The molecule has 0 bridgehead atoms. The summed E-state index contributed by atoms with van der Waals surface area (Å²) in [6.07, 6.45) is 9.19. The first kappa shape index (κ1) is 38.1. The fourth-order valence-corrected chi connectivity index (χ4v) is 8.19. The maximum Gasteiger partial charge on any atom is 0.164 e. The summed E-state index contributed by atoms with van der Waals surface area (Å²) in [6, 6.07) is 16.2. The Balaban J connectivity index is 0.000000280. The molecule has 3 nitrogen and oxygen atoms in total. The summed E-state index contributed by atoms with van der Waals surface area (Å²) in [5.74, 6) is 0.286. The average Bonchev–Trinajstić information content (AvgIpc) is 3.43. The molecule has 1 aliphatic carbocycles. The van der Waals surface area contributed by atoms with E-state index in [0.29, 0.717) is 0 Å². The van der Waals surface area contributed by atoms with Crippen LogP contribution in [-0.2, 0) is 35.7 Å². The van der Waals surface area contributed by atoms with Gasteiger partial charge in [0.05, 0.1) is 0 Å². The molecule has 0 fully saturated rings. The first-order valence-corrected chi connectivity index (χ1v) is 17.7. The number of nitrogens with zero attached hydrogens (tertiary/aromatic N) is 1. The fraction of sp³-hybridized carbons (Fsp3) is 0.512. The number of carbonyl (C=O) groups is 1. The Kier molecular flexibility index (Phi) is 12.0. The van der Waals surface area contributed by atoms with Gasteiger partial charge in [0.1, 0.15) is 5.76 Å². The quantitative estimate of drug-likeness (QED) is 0.109. The van der Waals surface area contributed by atoms with Gasteiger partial charge in [0.25, 0.3) is 0 Å². The van der Waals surface area contributed by atoms with Gasteiger partial charge in [0.2, 0.25) is 0 Å². The number of benzene rings is 2. The SMILES string of the molecule is CCC(C)(CC)C(=O)/C=C(\O)C(C)(CC)CC.Cc1cc2c(c3sc4c(-c5[c-]cccc5)nccc4c13)C(C)(C)CCC2(C)C.[Ir]. The van der Waals surface area contributed by atoms with Crippen molar-refractivity contribution in [2.45, 2.75) is 126 Å². The third-order valence-corrected chi connectivity index (χ3v) is 12.4. The van der Waals surface area contributed by atoms with Crippen LogP contribution in [0, 0.1) is 23.8 Å². The number of aromatic nitrogens is 1. The minimum absolute atomic E-state index is 0. The van der Waals surface area contributed by atoms with E-state index in [4.69, 9.17) is 4.98 Å². The predicted octanol–water partition coefficient (Wildman–Crippen LogP) is 12.2. The smallest absolute Gasteiger partial charge is 0.164 e. The first-order valence-electron chi connectivity index (χ1n) is 16.9. The van der Waals surface area contributed by atoms with Crippen LogP contribution in [-0.4, -0.2) is 15.9 Å². The number of aryl methyl sites for hydroxylation is 1. The van der Waals surface area contributed by atoms with E-state index in [9.17, 15) is 9.90 Å². The van der Waals surface area contributed by atoms with E-state index in [1.54, 1.807) is 11.1 Å². The van der Waals surface area contributed by atoms with Crippen molar-refractivity contribution in [1.29, 1.82) is 0 Å². The monoisotopic (exact) mass is 817 g/mol. The largest absolute Gasteiger partial charge is 0.512 e. The molecule has 1 radical (unpaired) electrons. The number of rotatable bonds is 8. The Bertz CT molecular complexity index is 1710. The summed E-state index contributed by atoms with van der Waals surface area (Å²) in [6.45, 7) is 24.0. The number of hydrogen-bond acceptors (Lipinski definition) is 4. The van der Waals surface area contributed by atoms with Gasteiger partial charge in [0, 0.05) is 63.7 Å². The maximum absolute atomic E-state index is 12.2. The summed E-state index contributed by atoms with van der Waals surface area (Å²) in [7, 11) is 0. The number of carbonyl (C=O) groups excluding carboxylic acids is 1. The number of aliphatic hydroxyl groups excluding tert-OH is 1. The number of pyridine rings is 1. The van der Waals surface area contributed by atoms with E-state index >= 15 is 0 Å². The average molecular weight is 817 g/mol. The van der Waals surface area contributed by atoms with Crippen LogP contribution in [0.4, 0.5) is 0 Å². The van der Waals surface area contributed by atoms with Crippen LogP contribution in [0.2, 0.25) is 0 Å². The number of thiophene rings is 1. The van der Waals surface area contributed by atoms with Crippen molar-refractivity contribution in [1.82, 2.24) is 4.98 Å². The van der Waals surface area contributed by atoms with Crippen molar-refractivity contribution in [3.8, 4) is 11.3 Å². The van der Waals surface area contributed by atoms with Crippen LogP contribution in [0.1, 0.15) is 124 Å². The molecule has 2 aromatic carbocycles. The molecule has 5 heteroatoms. The van der Waals surface area contributed by atoms with E-state index in [1.807, 2.05) is 71.2 Å². The van der Waals surface area contributed by atoms with Crippen LogP contribution in [0.15, 0.2) is 54.4 Å². The molecule has 0 saturated heterocycles. The molecule has 4 aromatic rings. The molecule has 0 aliphatic heterocycles. The zero-order chi connectivity index (χ0) is 33.4. The van der Waals surface area contributed by atoms with Gasteiger partial charge in [-0.1, -0.05) is 75.3 Å². The van der Waals surface area contributed by atoms with Crippen molar-refractivity contribution < 1.29 is 30.0 Å². The number of hydrogen-bond donors (Lipinski definition) is 1. The summed E-state index contributed by atoms with van der Waals surface area (Å²) in [5.41, 5.74) is 6.45. The molecule has 0 saturated carbocycles. The number of allylic oxidation sites excluding steroid dienone is 2. The Labute approximate surface area is 295 Å². The van der Waals surface area contributed by atoms with Gasteiger partial charge in [0.15, 0.2) is 5.78 Å². The molecular formula is C41H54IrNO2S-. The van der Waals surface area contributed by atoms with Gasteiger partial charge in [-0.15, -0.1) is 47.2 Å². The van der Waals surface area contributed by atoms with E-state index in [2.05, 4.69) is 65.0 Å². The van der Waals surface area contributed by atoms with Gasteiger partial charge >= 0.3 is 0 Å². The normalized spacial score (nSPS) is 15.9. The molecule has 5 rings (SSSR count). The summed E-state index contributed by atoms with van der Waals surface area (Å²) < 4.78 is 2.75. The molecule has 1 N–H and O–H groups in total. The van der Waals surface area contributed by atoms with Crippen LogP contribution in [0.5, 0.6) is 0 Å². The second-order valence-electron chi connectivity index (χ2n) is 14.9. The molecular weight excluding hydrogens is 763 g/mol. The number of aliphatic hydroxyl groups is 1. The molecule has 0 unspecified atom stereocenters. The standard InChI is InChI=1S/C26H26NS.C15H28O2.Ir/c1-16-15-19-21(26(4,5)13-12-25(19,2)3)24-20(16)18-11-14-27-22(23(18)28-24)17-9-7-6-8-10-17;1-7-14(5,8-2)12(16)11-13(17)15(6,9-3)10-4;/h6-9,11,14-15H,12-13H2,1-5H3;11,16H,7-10H2,1-6H3;/q-1;;/b;12-11-;. The van der Waals surface area contributed by atoms with Crippen LogP contribution < -0.4 is 0 Å². The third kappa shape index (κ3) is 7.08. The second-order valence-corrected chi connectivity index (χ2v) is 16.0. The first-order chi connectivity index (χ1) is 21.1. The van der Waals surface area contributed by atoms with Crippen LogP contribution >= 0.6 is 11.3 Å². The third-order valence-electron chi connectivity index (χ3n) is 11.2. The number of ketones is 1. The molecule has 46 heavy (non-hydrogen) atoms. The zero-order valence-corrected chi connectivity index (χ0v) is 33.1. The van der Waals surface area contributed by atoms with Gasteiger partial charge in [-0.2, -0.15) is 0 Å². The molecule has 2 heterocycles. The Morgan fingerprint density at radius 1 is 0.957 bits per heavy atom. The van der Waals surface area contributed by atoms with Gasteiger partial charge in [-0.25, -0.2) is 0 Å². The topological polar surface area (TPSA) is 50.2 Å². The van der Waals surface area contributed by atoms with E-state index in [-0.39, 0.29) is 53.3 Å².